The zero-order valence-electron chi connectivity index (χ0n) is 12.2. The molecule has 2 heterocycles. The number of amides is 1. The zero-order valence-corrected chi connectivity index (χ0v) is 13.9. The maximum absolute atomic E-state index is 12.2. The van der Waals surface area contributed by atoms with Crippen LogP contribution in [0.4, 0.5) is 5.13 Å². The first-order chi connectivity index (χ1) is 10.5. The topological polar surface area (TPSA) is 79.4 Å². The molecule has 1 N–H and O–H groups in total. The van der Waals surface area contributed by atoms with E-state index in [9.17, 15) is 13.2 Å². The van der Waals surface area contributed by atoms with E-state index in [1.54, 1.807) is 11.3 Å². The Morgan fingerprint density at radius 1 is 1.23 bits per heavy atom. The van der Waals surface area contributed by atoms with Crippen LogP contribution in [-0.2, 0) is 27.7 Å². The third kappa shape index (κ3) is 2.57. The number of anilines is 1. The van der Waals surface area contributed by atoms with Crippen LogP contribution in [0.1, 0.15) is 36.3 Å². The summed E-state index contributed by atoms with van der Waals surface area (Å²) < 4.78 is 25.5. The van der Waals surface area contributed by atoms with Crippen LogP contribution in [0.3, 0.4) is 0 Å². The van der Waals surface area contributed by atoms with Gasteiger partial charge in [0.15, 0.2) is 5.13 Å². The van der Waals surface area contributed by atoms with Gasteiger partial charge in [0.2, 0.25) is 15.9 Å². The molecule has 2 aliphatic carbocycles. The molecule has 0 aromatic carbocycles. The Morgan fingerprint density at radius 3 is 2.64 bits per heavy atom. The fourth-order valence-corrected chi connectivity index (χ4v) is 5.98. The molecule has 1 aromatic rings. The maximum Gasteiger partial charge on any atom is 0.231 e. The van der Waals surface area contributed by atoms with Gasteiger partial charge in [0.05, 0.1) is 16.9 Å². The normalized spacial score (nSPS) is 22.9. The van der Waals surface area contributed by atoms with Gasteiger partial charge in [-0.25, -0.2) is 13.4 Å². The lowest BCUT2D eigenvalue weighted by atomic mass is 10.0. The lowest BCUT2D eigenvalue weighted by molar-refractivity contribution is -0.122. The van der Waals surface area contributed by atoms with E-state index in [-0.39, 0.29) is 17.1 Å². The summed E-state index contributed by atoms with van der Waals surface area (Å²) in [5.41, 5.74) is 1.12. The molecule has 1 saturated carbocycles. The first kappa shape index (κ1) is 14.6. The van der Waals surface area contributed by atoms with E-state index >= 15 is 0 Å². The number of aromatic nitrogens is 1. The Bertz CT molecular complexity index is 679. The molecule has 0 atom stereocenters. The molecule has 0 radical (unpaired) electrons. The zero-order chi connectivity index (χ0) is 15.3. The highest BCUT2D eigenvalue weighted by molar-refractivity contribution is 7.90. The number of sulfonamides is 1. The second-order valence-corrected chi connectivity index (χ2v) is 9.64. The average Bonchev–Trinajstić information content (AvgIpc) is 3.18. The fraction of sp³-hybridized carbons (Fsp3) is 0.714. The van der Waals surface area contributed by atoms with Crippen molar-refractivity contribution < 1.29 is 13.2 Å². The quantitative estimate of drug-likeness (QED) is 0.897. The molecule has 1 amide bonds. The molecule has 0 unspecified atom stereocenters. The van der Waals surface area contributed by atoms with Gasteiger partial charge in [-0.05, 0) is 38.5 Å². The number of rotatable bonds is 4. The van der Waals surface area contributed by atoms with Crippen LogP contribution in [0.15, 0.2) is 0 Å². The molecule has 1 aliphatic heterocycles. The summed E-state index contributed by atoms with van der Waals surface area (Å²) >= 11 is 1.56. The second-order valence-electron chi connectivity index (χ2n) is 6.34. The van der Waals surface area contributed by atoms with Crippen molar-refractivity contribution in [3.05, 3.63) is 10.6 Å². The lowest BCUT2D eigenvalue weighted by Gasteiger charge is -2.36. The number of carbonyl (C=O) groups is 1. The van der Waals surface area contributed by atoms with Crippen molar-refractivity contribution in [3.8, 4) is 0 Å². The predicted molar refractivity (Wildman–Crippen MR) is 84.4 cm³/mol. The van der Waals surface area contributed by atoms with Gasteiger partial charge in [-0.1, -0.05) is 0 Å². The summed E-state index contributed by atoms with van der Waals surface area (Å²) in [6.45, 7) is 0.630. The van der Waals surface area contributed by atoms with Crippen LogP contribution in [0.5, 0.6) is 0 Å². The molecule has 6 nitrogen and oxygen atoms in total. The van der Waals surface area contributed by atoms with Crippen molar-refractivity contribution >= 4 is 32.4 Å². The summed E-state index contributed by atoms with van der Waals surface area (Å²) in [7, 11) is -3.13. The van der Waals surface area contributed by atoms with Crippen molar-refractivity contribution in [3.63, 3.8) is 0 Å². The number of thiazole rings is 1. The highest BCUT2D eigenvalue weighted by Crippen LogP contribution is 2.35. The minimum atomic E-state index is -3.13. The summed E-state index contributed by atoms with van der Waals surface area (Å²) in [4.78, 5) is 18.0. The number of hydrogen-bond acceptors (Lipinski definition) is 5. The van der Waals surface area contributed by atoms with E-state index in [2.05, 4.69) is 10.3 Å². The van der Waals surface area contributed by atoms with Gasteiger partial charge in [0.1, 0.15) is 0 Å². The highest BCUT2D eigenvalue weighted by atomic mass is 32.2. The number of nitrogens with zero attached hydrogens (tertiary/aromatic N) is 2. The van der Waals surface area contributed by atoms with Crippen molar-refractivity contribution in [1.29, 1.82) is 0 Å². The molecule has 8 heteroatoms. The van der Waals surface area contributed by atoms with Crippen molar-refractivity contribution in [2.75, 3.05) is 18.4 Å². The summed E-state index contributed by atoms with van der Waals surface area (Å²) in [5.74, 6) is -0.345. The SMILES string of the molecule is O=C(Nc1nc2c(s1)CCCC2)C1CN(S(=O)(=O)C2CC2)C1. The standard InChI is InChI=1S/C14H19N3O3S2/c18-13(9-7-17(8-9)22(19,20)10-5-6-10)16-14-15-11-3-1-2-4-12(11)21-14/h9-10H,1-8H2,(H,15,16,18). The Labute approximate surface area is 134 Å². The molecular formula is C14H19N3O3S2. The summed E-state index contributed by atoms with van der Waals surface area (Å²) in [6, 6.07) is 0. The van der Waals surface area contributed by atoms with E-state index < -0.39 is 10.0 Å². The van der Waals surface area contributed by atoms with Gasteiger partial charge in [0.25, 0.3) is 0 Å². The van der Waals surface area contributed by atoms with E-state index in [1.807, 2.05) is 0 Å². The van der Waals surface area contributed by atoms with Crippen LogP contribution >= 0.6 is 11.3 Å². The van der Waals surface area contributed by atoms with Crippen molar-refractivity contribution in [1.82, 2.24) is 9.29 Å². The van der Waals surface area contributed by atoms with Gasteiger partial charge < -0.3 is 5.32 Å². The largest absolute Gasteiger partial charge is 0.302 e. The Morgan fingerprint density at radius 2 is 1.95 bits per heavy atom. The first-order valence-electron chi connectivity index (χ1n) is 7.82. The Balaban J connectivity index is 1.35. The Hall–Kier alpha value is -0.990. The number of nitrogens with one attached hydrogen (secondary N) is 1. The van der Waals surface area contributed by atoms with Crippen LogP contribution in [0.25, 0.3) is 0 Å². The third-order valence-electron chi connectivity index (χ3n) is 4.60. The van der Waals surface area contributed by atoms with Gasteiger partial charge in [-0.2, -0.15) is 4.31 Å². The van der Waals surface area contributed by atoms with Gasteiger partial charge in [0, 0.05) is 18.0 Å². The van der Waals surface area contributed by atoms with Crippen molar-refractivity contribution in [2.45, 2.75) is 43.8 Å². The minimum Gasteiger partial charge on any atom is -0.302 e. The van der Waals surface area contributed by atoms with E-state index in [0.717, 1.165) is 31.4 Å². The number of hydrogen-bond donors (Lipinski definition) is 1. The highest BCUT2D eigenvalue weighted by Gasteiger charge is 2.47. The summed E-state index contributed by atoms with van der Waals surface area (Å²) in [5, 5.41) is 3.34. The average molecular weight is 341 g/mol. The molecular weight excluding hydrogens is 322 g/mol. The van der Waals surface area contributed by atoms with E-state index in [1.165, 1.54) is 22.0 Å². The second kappa shape index (κ2) is 5.28. The lowest BCUT2D eigenvalue weighted by Crippen LogP contribution is -2.55. The van der Waals surface area contributed by atoms with Gasteiger partial charge in [-0.15, -0.1) is 11.3 Å². The molecule has 1 saturated heterocycles. The molecule has 1 aromatic heterocycles. The smallest absolute Gasteiger partial charge is 0.231 e. The molecule has 22 heavy (non-hydrogen) atoms. The monoisotopic (exact) mass is 341 g/mol. The van der Waals surface area contributed by atoms with E-state index in [4.69, 9.17) is 0 Å². The van der Waals surface area contributed by atoms with Gasteiger partial charge >= 0.3 is 0 Å². The van der Waals surface area contributed by atoms with Crippen LogP contribution in [0.2, 0.25) is 0 Å². The molecule has 3 aliphatic rings. The van der Waals surface area contributed by atoms with Crippen LogP contribution < -0.4 is 5.32 Å². The number of fused-ring (bicyclic) bond motifs is 1. The molecule has 120 valence electrons. The van der Waals surface area contributed by atoms with Crippen molar-refractivity contribution in [2.24, 2.45) is 5.92 Å². The number of carbonyl (C=O) groups excluding carboxylic acids is 1. The third-order valence-corrected chi connectivity index (χ3v) is 8.00. The van der Waals surface area contributed by atoms with Crippen LogP contribution in [-0.4, -0.2) is 42.0 Å². The minimum absolute atomic E-state index is 0.103. The molecule has 4 rings (SSSR count). The van der Waals surface area contributed by atoms with Crippen LogP contribution in [0, 0.1) is 5.92 Å². The molecule has 0 spiro atoms. The van der Waals surface area contributed by atoms with Gasteiger partial charge in [-0.3, -0.25) is 4.79 Å². The molecule has 2 fully saturated rings. The summed E-state index contributed by atoms with van der Waals surface area (Å²) in [6.07, 6.45) is 5.94. The first-order valence-corrected chi connectivity index (χ1v) is 10.1. The Kier molecular flexibility index (Phi) is 3.50. The fourth-order valence-electron chi connectivity index (χ4n) is 3.00. The predicted octanol–water partition coefficient (Wildman–Crippen LogP) is 1.38. The number of aryl methyl sites for hydroxylation is 2. The molecule has 0 bridgehead atoms. The maximum atomic E-state index is 12.2. The van der Waals surface area contributed by atoms with E-state index in [0.29, 0.717) is 18.2 Å².